The van der Waals surface area contributed by atoms with Crippen molar-refractivity contribution in [1.29, 1.82) is 0 Å². The Labute approximate surface area is 119 Å². The summed E-state index contributed by atoms with van der Waals surface area (Å²) in [6.07, 6.45) is 1.76. The fourth-order valence-corrected chi connectivity index (χ4v) is 3.18. The van der Waals surface area contributed by atoms with Crippen LogP contribution in [0.3, 0.4) is 0 Å². The van der Waals surface area contributed by atoms with E-state index in [1.807, 2.05) is 12.1 Å². The Morgan fingerprint density at radius 2 is 2.22 bits per heavy atom. The lowest BCUT2D eigenvalue weighted by atomic mass is 10.1. The molecule has 0 atom stereocenters. The lowest BCUT2D eigenvalue weighted by Gasteiger charge is -2.06. The molecule has 3 nitrogen and oxygen atoms in total. The maximum Gasteiger partial charge on any atom is 0.180 e. The van der Waals surface area contributed by atoms with Gasteiger partial charge in [0.05, 0.1) is 17.3 Å². The number of nitrogens with zero attached hydrogens (tertiary/aromatic N) is 1. The first-order valence-corrected chi connectivity index (χ1v) is 7.31. The van der Waals surface area contributed by atoms with Crippen LogP contribution in [0.15, 0.2) is 22.7 Å². The van der Waals surface area contributed by atoms with Gasteiger partial charge in [-0.15, -0.1) is 11.3 Å². The Hall–Kier alpha value is -1.07. The average Bonchev–Trinajstić information content (AvgIpc) is 2.72. The number of aryl methyl sites for hydroxylation is 1. The van der Waals surface area contributed by atoms with E-state index in [4.69, 9.17) is 10.5 Å². The molecule has 0 aliphatic rings. The highest BCUT2D eigenvalue weighted by atomic mass is 79.9. The van der Waals surface area contributed by atoms with Crippen molar-refractivity contribution in [2.45, 2.75) is 19.8 Å². The van der Waals surface area contributed by atoms with E-state index >= 15 is 0 Å². The number of nitrogens with two attached hydrogens (primary N) is 1. The Morgan fingerprint density at radius 3 is 2.89 bits per heavy atom. The normalized spacial score (nSPS) is 10.6. The topological polar surface area (TPSA) is 48.1 Å². The first kappa shape index (κ1) is 13.4. The van der Waals surface area contributed by atoms with Crippen molar-refractivity contribution >= 4 is 32.4 Å². The van der Waals surface area contributed by atoms with Crippen LogP contribution >= 0.6 is 27.3 Å². The minimum Gasteiger partial charge on any atom is -0.496 e. The van der Waals surface area contributed by atoms with E-state index in [1.54, 1.807) is 18.4 Å². The SMILES string of the molecule is CCc1nc(N)sc1Cc1ccc(Br)c(OC)c1. The van der Waals surface area contributed by atoms with Gasteiger partial charge in [0.2, 0.25) is 0 Å². The average molecular weight is 327 g/mol. The fraction of sp³-hybridized carbons (Fsp3) is 0.308. The summed E-state index contributed by atoms with van der Waals surface area (Å²) in [4.78, 5) is 5.58. The first-order chi connectivity index (χ1) is 8.63. The van der Waals surface area contributed by atoms with Gasteiger partial charge in [-0.3, -0.25) is 0 Å². The van der Waals surface area contributed by atoms with Gasteiger partial charge in [-0.2, -0.15) is 0 Å². The van der Waals surface area contributed by atoms with Crippen molar-refractivity contribution in [1.82, 2.24) is 4.98 Å². The molecule has 18 heavy (non-hydrogen) atoms. The van der Waals surface area contributed by atoms with Crippen LogP contribution in [0.2, 0.25) is 0 Å². The summed E-state index contributed by atoms with van der Waals surface area (Å²) in [6, 6.07) is 6.13. The molecule has 1 heterocycles. The van der Waals surface area contributed by atoms with E-state index in [0.29, 0.717) is 5.13 Å². The third kappa shape index (κ3) is 2.84. The van der Waals surface area contributed by atoms with Gasteiger partial charge in [0, 0.05) is 11.3 Å². The third-order valence-corrected chi connectivity index (χ3v) is 4.29. The van der Waals surface area contributed by atoms with E-state index in [9.17, 15) is 0 Å². The van der Waals surface area contributed by atoms with Gasteiger partial charge in [0.1, 0.15) is 5.75 Å². The molecule has 0 amide bonds. The predicted molar refractivity (Wildman–Crippen MR) is 79.4 cm³/mol. The zero-order valence-electron chi connectivity index (χ0n) is 10.4. The van der Waals surface area contributed by atoms with Crippen molar-refractivity contribution in [2.24, 2.45) is 0 Å². The number of benzene rings is 1. The highest BCUT2D eigenvalue weighted by Gasteiger charge is 2.10. The Kier molecular flexibility index (Phi) is 4.24. The highest BCUT2D eigenvalue weighted by molar-refractivity contribution is 9.10. The van der Waals surface area contributed by atoms with E-state index in [1.165, 1.54) is 10.4 Å². The Bertz CT molecular complexity index is 554. The first-order valence-electron chi connectivity index (χ1n) is 5.70. The molecule has 0 aliphatic carbocycles. The number of rotatable bonds is 4. The molecule has 0 saturated heterocycles. The van der Waals surface area contributed by atoms with Crippen LogP contribution in [-0.2, 0) is 12.8 Å². The number of halogens is 1. The summed E-state index contributed by atoms with van der Waals surface area (Å²) in [7, 11) is 1.67. The minimum absolute atomic E-state index is 0.644. The number of anilines is 1. The zero-order chi connectivity index (χ0) is 13.1. The largest absolute Gasteiger partial charge is 0.496 e. The summed E-state index contributed by atoms with van der Waals surface area (Å²) in [5.74, 6) is 0.850. The van der Waals surface area contributed by atoms with Crippen LogP contribution < -0.4 is 10.5 Å². The quantitative estimate of drug-likeness (QED) is 0.932. The molecule has 0 bridgehead atoms. The minimum atomic E-state index is 0.644. The molecular weight excluding hydrogens is 312 g/mol. The summed E-state index contributed by atoms with van der Waals surface area (Å²) in [5, 5.41) is 0.644. The second-order valence-corrected chi connectivity index (χ2v) is 5.89. The van der Waals surface area contributed by atoms with E-state index < -0.39 is 0 Å². The smallest absolute Gasteiger partial charge is 0.180 e. The molecule has 0 aliphatic heterocycles. The number of thiazole rings is 1. The number of ether oxygens (including phenoxy) is 1. The molecular formula is C13H15BrN2OS. The lowest BCUT2D eigenvalue weighted by molar-refractivity contribution is 0.411. The van der Waals surface area contributed by atoms with Crippen LogP contribution in [0, 0.1) is 0 Å². The van der Waals surface area contributed by atoms with E-state index in [2.05, 4.69) is 33.9 Å². The number of hydrogen-bond donors (Lipinski definition) is 1. The number of hydrogen-bond acceptors (Lipinski definition) is 4. The molecule has 2 N–H and O–H groups in total. The summed E-state index contributed by atoms with van der Waals surface area (Å²) in [5.41, 5.74) is 8.06. The maximum absolute atomic E-state index is 5.76. The van der Waals surface area contributed by atoms with Crippen LogP contribution in [0.25, 0.3) is 0 Å². The van der Waals surface area contributed by atoms with Crippen LogP contribution in [0.5, 0.6) is 5.75 Å². The van der Waals surface area contributed by atoms with E-state index in [-0.39, 0.29) is 0 Å². The van der Waals surface area contributed by atoms with Crippen molar-refractivity contribution in [2.75, 3.05) is 12.8 Å². The van der Waals surface area contributed by atoms with Gasteiger partial charge in [0.25, 0.3) is 0 Å². The Morgan fingerprint density at radius 1 is 1.44 bits per heavy atom. The lowest BCUT2D eigenvalue weighted by Crippen LogP contribution is -1.93. The third-order valence-electron chi connectivity index (χ3n) is 2.71. The molecule has 1 aromatic carbocycles. The van der Waals surface area contributed by atoms with Gasteiger partial charge in [-0.05, 0) is 40.0 Å². The number of nitrogen functional groups attached to an aromatic ring is 1. The molecule has 2 aromatic rings. The number of aromatic nitrogens is 1. The fourth-order valence-electron chi connectivity index (χ4n) is 1.82. The van der Waals surface area contributed by atoms with Crippen molar-refractivity contribution < 1.29 is 4.74 Å². The molecule has 0 saturated carbocycles. The molecule has 96 valence electrons. The summed E-state index contributed by atoms with van der Waals surface area (Å²) >= 11 is 5.02. The molecule has 5 heteroatoms. The predicted octanol–water partition coefficient (Wildman–Crippen LogP) is 3.65. The molecule has 0 fully saturated rings. The zero-order valence-corrected chi connectivity index (χ0v) is 12.8. The van der Waals surface area contributed by atoms with Crippen LogP contribution in [0.1, 0.15) is 23.1 Å². The van der Waals surface area contributed by atoms with Gasteiger partial charge >= 0.3 is 0 Å². The molecule has 0 spiro atoms. The summed E-state index contributed by atoms with van der Waals surface area (Å²) in [6.45, 7) is 2.10. The second-order valence-electron chi connectivity index (χ2n) is 3.92. The molecule has 0 radical (unpaired) electrons. The Balaban J connectivity index is 2.28. The molecule has 0 unspecified atom stereocenters. The van der Waals surface area contributed by atoms with E-state index in [0.717, 1.165) is 28.8 Å². The van der Waals surface area contributed by atoms with Gasteiger partial charge in [0.15, 0.2) is 5.13 Å². The second kappa shape index (κ2) is 5.71. The monoisotopic (exact) mass is 326 g/mol. The van der Waals surface area contributed by atoms with Crippen molar-refractivity contribution in [3.8, 4) is 5.75 Å². The number of methoxy groups -OCH3 is 1. The van der Waals surface area contributed by atoms with Crippen molar-refractivity contribution in [3.63, 3.8) is 0 Å². The van der Waals surface area contributed by atoms with Gasteiger partial charge in [-0.1, -0.05) is 13.0 Å². The summed E-state index contributed by atoms with van der Waals surface area (Å²) < 4.78 is 6.27. The highest BCUT2D eigenvalue weighted by Crippen LogP contribution is 2.29. The van der Waals surface area contributed by atoms with Crippen LogP contribution in [-0.4, -0.2) is 12.1 Å². The van der Waals surface area contributed by atoms with Crippen LogP contribution in [0.4, 0.5) is 5.13 Å². The molecule has 1 aromatic heterocycles. The standard InChI is InChI=1S/C13H15BrN2OS/c1-3-10-12(18-13(15)16-10)7-8-4-5-9(14)11(6-8)17-2/h4-6H,3,7H2,1-2H3,(H2,15,16). The molecule has 2 rings (SSSR count). The van der Waals surface area contributed by atoms with Crippen molar-refractivity contribution in [3.05, 3.63) is 38.8 Å². The van der Waals surface area contributed by atoms with Gasteiger partial charge in [-0.25, -0.2) is 4.98 Å². The van der Waals surface area contributed by atoms with Gasteiger partial charge < -0.3 is 10.5 Å². The maximum atomic E-state index is 5.76.